The van der Waals surface area contributed by atoms with Gasteiger partial charge in [-0.2, -0.15) is 21.6 Å². The highest BCUT2D eigenvalue weighted by atomic mass is 32.2. The molecule has 218 valence electrons. The van der Waals surface area contributed by atoms with Gasteiger partial charge in [0.1, 0.15) is 12.4 Å². The monoisotopic (exact) mass is 620 g/mol. The van der Waals surface area contributed by atoms with E-state index in [9.17, 15) is 35.2 Å². The number of thioether (sulfide) groups is 1. The maximum atomic E-state index is 13.7. The first-order valence-electron chi connectivity index (χ1n) is 12.4. The van der Waals surface area contributed by atoms with Gasteiger partial charge in [-0.05, 0) is 47.0 Å². The van der Waals surface area contributed by atoms with Crippen molar-refractivity contribution in [2.75, 3.05) is 5.75 Å². The summed E-state index contributed by atoms with van der Waals surface area (Å²) in [4.78, 5) is 16.4. The number of rotatable bonds is 7. The molecule has 6 nitrogen and oxygen atoms in total. The van der Waals surface area contributed by atoms with E-state index in [-0.39, 0.29) is 17.6 Å². The number of carbonyl (C=O) groups excluding carboxylic acids is 1. The van der Waals surface area contributed by atoms with Gasteiger partial charge < -0.3 is 4.74 Å². The first-order chi connectivity index (χ1) is 19.9. The molecule has 1 atom stereocenters. The first-order valence-corrected chi connectivity index (χ1v) is 15.0. The van der Waals surface area contributed by atoms with E-state index in [1.165, 1.54) is 11.8 Å². The first kappa shape index (κ1) is 29.5. The molecule has 0 aliphatic carbocycles. The summed E-state index contributed by atoms with van der Waals surface area (Å²) in [6.45, 7) is 0.276. The van der Waals surface area contributed by atoms with Crippen molar-refractivity contribution < 1.29 is 39.9 Å². The van der Waals surface area contributed by atoms with E-state index in [1.54, 1.807) is 30.4 Å². The number of sulfonamides is 1. The number of nitrogens with one attached hydrogen (secondary N) is 1. The lowest BCUT2D eigenvalue weighted by molar-refractivity contribution is -0.119. The predicted octanol–water partition coefficient (Wildman–Crippen LogP) is 6.75. The number of hydrogen-bond acceptors (Lipinski definition) is 6. The van der Waals surface area contributed by atoms with Crippen LogP contribution in [0.3, 0.4) is 0 Å². The van der Waals surface area contributed by atoms with Crippen molar-refractivity contribution in [3.05, 3.63) is 106 Å². The Morgan fingerprint density at radius 3 is 2.55 bits per heavy atom. The minimum absolute atomic E-state index is 0.0237. The summed E-state index contributed by atoms with van der Waals surface area (Å²) in [7, 11) is -5.78. The molecule has 5 rings (SSSR count). The number of nitrogens with zero attached hydrogens (tertiary/aromatic N) is 1. The van der Waals surface area contributed by atoms with Crippen molar-refractivity contribution in [2.24, 2.45) is 0 Å². The van der Waals surface area contributed by atoms with Gasteiger partial charge in [-0.25, -0.2) is 18.5 Å². The number of hydrogen-bond donors (Lipinski definition) is 1. The van der Waals surface area contributed by atoms with Crippen LogP contribution < -0.4 is 9.46 Å². The van der Waals surface area contributed by atoms with Crippen LogP contribution in [0.25, 0.3) is 23.1 Å². The van der Waals surface area contributed by atoms with Crippen LogP contribution in [0.1, 0.15) is 39.6 Å². The van der Waals surface area contributed by atoms with Crippen molar-refractivity contribution in [1.29, 1.82) is 0 Å². The van der Waals surface area contributed by atoms with Crippen LogP contribution in [0.2, 0.25) is 0 Å². The summed E-state index contributed by atoms with van der Waals surface area (Å²) >= 11 is 1.27. The molecule has 13 heteroatoms. The molecule has 3 aromatic carbocycles. The fourth-order valence-corrected chi connectivity index (χ4v) is 6.20. The lowest BCUT2D eigenvalue weighted by Gasteiger charge is -2.19. The third-order valence-corrected chi connectivity index (χ3v) is 8.79. The smallest absolute Gasteiger partial charge is 0.489 e. The molecule has 1 aromatic heterocycles. The molecule has 42 heavy (non-hydrogen) atoms. The van der Waals surface area contributed by atoms with Crippen LogP contribution in [0.5, 0.6) is 5.75 Å². The maximum Gasteiger partial charge on any atom is 0.516 e. The number of benzene rings is 3. The van der Waals surface area contributed by atoms with Crippen LogP contribution in [0.15, 0.2) is 66.7 Å². The van der Waals surface area contributed by atoms with Crippen LogP contribution in [-0.2, 0) is 21.4 Å². The predicted molar refractivity (Wildman–Crippen MR) is 150 cm³/mol. The third-order valence-electron chi connectivity index (χ3n) is 6.40. The summed E-state index contributed by atoms with van der Waals surface area (Å²) < 4.78 is 94.7. The van der Waals surface area contributed by atoms with E-state index in [1.807, 2.05) is 36.4 Å². The molecular weight excluding hydrogens is 599 g/mol. The van der Waals surface area contributed by atoms with E-state index in [0.29, 0.717) is 22.3 Å². The zero-order valence-corrected chi connectivity index (χ0v) is 23.1. The van der Waals surface area contributed by atoms with Crippen LogP contribution in [0, 0.1) is 11.6 Å². The standard InChI is InChI=1S/C29H21F5N2O4S2/c30-23-14-18-7-9-20(35-25(18)15-24(23)31)8-5-17-6-10-26-22(13-17)28(21-4-2-1-3-19(21)16-40-26)41-12-11-27(37)36-42(38,39)29(32,33)34/h1-10,13-15,28H,11-12,16H2,(H,36,37)/b8-5+. The fraction of sp³-hybridized carbons (Fsp3) is 0.172. The van der Waals surface area contributed by atoms with Gasteiger partial charge in [-0.3, -0.25) is 4.79 Å². The molecular formula is C29H21F5N2O4S2. The highest BCUT2D eigenvalue weighted by Crippen LogP contribution is 2.44. The van der Waals surface area contributed by atoms with Crippen LogP contribution in [-0.4, -0.2) is 30.6 Å². The Hall–Kier alpha value is -3.97. The van der Waals surface area contributed by atoms with Gasteiger partial charge in [-0.1, -0.05) is 42.5 Å². The summed E-state index contributed by atoms with van der Waals surface area (Å²) in [5.74, 6) is -2.62. The van der Waals surface area contributed by atoms with E-state index in [4.69, 9.17) is 4.74 Å². The molecule has 1 unspecified atom stereocenters. The quantitative estimate of drug-likeness (QED) is 0.230. The third kappa shape index (κ3) is 6.41. The molecule has 0 spiro atoms. The van der Waals surface area contributed by atoms with Gasteiger partial charge in [0, 0.05) is 29.2 Å². The number of ether oxygens (including phenoxy) is 1. The summed E-state index contributed by atoms with van der Waals surface area (Å²) in [6.07, 6.45) is 3.02. The molecule has 0 fully saturated rings. The van der Waals surface area contributed by atoms with Gasteiger partial charge in [0.15, 0.2) is 11.6 Å². The number of alkyl halides is 3. The summed E-state index contributed by atoms with van der Waals surface area (Å²) in [6, 6.07) is 18.3. The lowest BCUT2D eigenvalue weighted by atomic mass is 9.98. The second kappa shape index (κ2) is 11.7. The average Bonchev–Trinajstić information content (AvgIpc) is 3.08. The Balaban J connectivity index is 1.39. The maximum absolute atomic E-state index is 13.7. The zero-order valence-electron chi connectivity index (χ0n) is 21.5. The van der Waals surface area contributed by atoms with E-state index < -0.39 is 39.5 Å². The number of pyridine rings is 1. The minimum Gasteiger partial charge on any atom is -0.489 e. The molecule has 0 bridgehead atoms. The Kier molecular flexibility index (Phi) is 8.24. The number of amides is 1. The van der Waals surface area contributed by atoms with Crippen LogP contribution >= 0.6 is 11.8 Å². The van der Waals surface area contributed by atoms with E-state index in [2.05, 4.69) is 4.98 Å². The van der Waals surface area contributed by atoms with E-state index >= 15 is 0 Å². The molecule has 0 saturated heterocycles. The Labute approximate surface area is 241 Å². The highest BCUT2D eigenvalue weighted by Gasteiger charge is 2.46. The van der Waals surface area contributed by atoms with Crippen molar-refractivity contribution in [3.63, 3.8) is 0 Å². The second-order valence-electron chi connectivity index (χ2n) is 9.29. The Bertz CT molecular complexity index is 1810. The summed E-state index contributed by atoms with van der Waals surface area (Å²) in [5.41, 5.74) is -1.51. The van der Waals surface area contributed by atoms with Crippen molar-refractivity contribution >= 4 is 50.7 Å². The lowest BCUT2D eigenvalue weighted by Crippen LogP contribution is -2.40. The van der Waals surface area contributed by atoms with Crippen LogP contribution in [0.4, 0.5) is 22.0 Å². The van der Waals surface area contributed by atoms with Gasteiger partial charge in [-0.15, -0.1) is 11.8 Å². The van der Waals surface area contributed by atoms with Crippen molar-refractivity contribution in [1.82, 2.24) is 9.71 Å². The molecule has 1 aliphatic rings. The molecule has 0 saturated carbocycles. The molecule has 1 aliphatic heterocycles. The number of halogens is 5. The fourth-order valence-electron chi connectivity index (χ4n) is 4.37. The molecule has 0 radical (unpaired) electrons. The SMILES string of the molecule is O=C(CCSC1c2ccccc2COc2ccc(/C=C/c3ccc4cc(F)c(F)cc4n3)cc21)NS(=O)(=O)C(F)(F)F. The van der Waals surface area contributed by atoms with Gasteiger partial charge >= 0.3 is 15.5 Å². The number of carbonyl (C=O) groups is 1. The minimum atomic E-state index is -5.78. The molecule has 4 aromatic rings. The second-order valence-corrected chi connectivity index (χ2v) is 12.2. The molecule has 1 N–H and O–H groups in total. The van der Waals surface area contributed by atoms with Gasteiger partial charge in [0.2, 0.25) is 5.91 Å². The zero-order chi connectivity index (χ0) is 30.1. The average molecular weight is 621 g/mol. The Morgan fingerprint density at radius 1 is 1.00 bits per heavy atom. The normalized spacial score (nSPS) is 15.1. The molecule has 2 heterocycles. The van der Waals surface area contributed by atoms with Crippen molar-refractivity contribution in [3.8, 4) is 5.75 Å². The van der Waals surface area contributed by atoms with Gasteiger partial charge in [0.25, 0.3) is 0 Å². The molecule has 1 amide bonds. The summed E-state index contributed by atoms with van der Waals surface area (Å²) in [5, 5.41) is 0.0761. The Morgan fingerprint density at radius 2 is 1.76 bits per heavy atom. The number of aromatic nitrogens is 1. The largest absolute Gasteiger partial charge is 0.516 e. The topological polar surface area (TPSA) is 85.4 Å². The highest BCUT2D eigenvalue weighted by molar-refractivity contribution is 7.99. The van der Waals surface area contributed by atoms with Gasteiger partial charge in [0.05, 0.1) is 16.5 Å². The van der Waals surface area contributed by atoms with E-state index in [0.717, 1.165) is 39.1 Å². The van der Waals surface area contributed by atoms with Crippen molar-refractivity contribution in [2.45, 2.75) is 23.8 Å². The number of fused-ring (bicyclic) bond motifs is 3.